The summed E-state index contributed by atoms with van der Waals surface area (Å²) in [5.41, 5.74) is 0.0625. The van der Waals surface area contributed by atoms with Crippen LogP contribution in [0.5, 0.6) is 11.5 Å². The van der Waals surface area contributed by atoms with E-state index in [9.17, 15) is 9.59 Å². The van der Waals surface area contributed by atoms with Gasteiger partial charge in [0.2, 0.25) is 0 Å². The van der Waals surface area contributed by atoms with E-state index in [0.29, 0.717) is 11.5 Å². The topological polar surface area (TPSA) is 83.1 Å². The van der Waals surface area contributed by atoms with Crippen molar-refractivity contribution < 1.29 is 28.5 Å². The van der Waals surface area contributed by atoms with Crippen LogP contribution >= 0.6 is 0 Å². The second kappa shape index (κ2) is 8.42. The monoisotopic (exact) mass is 339 g/mol. The highest BCUT2D eigenvalue weighted by molar-refractivity contribution is 5.81. The number of carbonyl (C=O) groups excluding carboxylic acids is 2. The van der Waals surface area contributed by atoms with Gasteiger partial charge in [-0.05, 0) is 32.4 Å². The van der Waals surface area contributed by atoms with E-state index in [0.717, 1.165) is 5.56 Å². The highest BCUT2D eigenvalue weighted by Crippen LogP contribution is 2.25. The Kier molecular flexibility index (Phi) is 6.88. The molecule has 24 heavy (non-hydrogen) atoms. The number of esters is 1. The average molecular weight is 339 g/mol. The summed E-state index contributed by atoms with van der Waals surface area (Å²) in [6, 6.07) is 4.33. The molecule has 7 nitrogen and oxygen atoms in total. The summed E-state index contributed by atoms with van der Waals surface area (Å²) >= 11 is 0. The molecule has 0 aliphatic carbocycles. The van der Waals surface area contributed by atoms with Crippen molar-refractivity contribution in [2.45, 2.75) is 38.8 Å². The molecule has 0 bridgehead atoms. The number of rotatable bonds is 6. The summed E-state index contributed by atoms with van der Waals surface area (Å²) < 4.78 is 20.4. The minimum atomic E-state index is -0.896. The lowest BCUT2D eigenvalue weighted by atomic mass is 10.0. The number of carbonyl (C=O) groups is 2. The zero-order chi connectivity index (χ0) is 18.3. The molecule has 7 heteroatoms. The van der Waals surface area contributed by atoms with E-state index in [4.69, 9.17) is 18.9 Å². The molecule has 0 saturated heterocycles. The van der Waals surface area contributed by atoms with E-state index in [1.165, 1.54) is 14.2 Å². The molecular weight excluding hydrogens is 314 g/mol. The van der Waals surface area contributed by atoms with Gasteiger partial charge in [-0.2, -0.15) is 0 Å². The lowest BCUT2D eigenvalue weighted by Gasteiger charge is -2.23. The lowest BCUT2D eigenvalue weighted by molar-refractivity contribution is -0.143. The first-order valence-corrected chi connectivity index (χ1v) is 7.48. The summed E-state index contributed by atoms with van der Waals surface area (Å²) in [5.74, 6) is 0.610. The summed E-state index contributed by atoms with van der Waals surface area (Å²) in [7, 11) is 4.33. The number of alkyl carbamates (subject to hydrolysis) is 1. The van der Waals surface area contributed by atoms with Crippen molar-refractivity contribution in [2.75, 3.05) is 21.3 Å². The third-order valence-corrected chi connectivity index (χ3v) is 3.09. The number of hydrogen-bond acceptors (Lipinski definition) is 6. The van der Waals surface area contributed by atoms with E-state index < -0.39 is 23.7 Å². The number of nitrogens with one attached hydrogen (secondary N) is 1. The fraction of sp³-hybridized carbons (Fsp3) is 0.529. The quantitative estimate of drug-likeness (QED) is 0.801. The Labute approximate surface area is 142 Å². The third-order valence-electron chi connectivity index (χ3n) is 3.09. The van der Waals surface area contributed by atoms with E-state index >= 15 is 0 Å². The van der Waals surface area contributed by atoms with Crippen LogP contribution in [0.3, 0.4) is 0 Å². The molecule has 1 atom stereocenters. The molecule has 1 aromatic rings. The van der Waals surface area contributed by atoms with Crippen molar-refractivity contribution in [1.29, 1.82) is 0 Å². The van der Waals surface area contributed by atoms with Crippen LogP contribution in [-0.4, -0.2) is 45.0 Å². The Morgan fingerprint density at radius 1 is 1.12 bits per heavy atom. The van der Waals surface area contributed by atoms with Crippen LogP contribution in [0.25, 0.3) is 0 Å². The summed E-state index contributed by atoms with van der Waals surface area (Å²) in [6.07, 6.45) is -0.496. The molecule has 0 radical (unpaired) electrons. The zero-order valence-electron chi connectivity index (χ0n) is 15.0. The Morgan fingerprint density at radius 3 is 2.29 bits per heavy atom. The molecule has 0 saturated carbocycles. The minimum absolute atomic E-state index is 0.194. The number of benzene rings is 1. The van der Waals surface area contributed by atoms with Gasteiger partial charge < -0.3 is 24.3 Å². The van der Waals surface area contributed by atoms with Crippen LogP contribution in [0.2, 0.25) is 0 Å². The molecule has 1 N–H and O–H groups in total. The second-order valence-electron chi connectivity index (χ2n) is 6.10. The van der Waals surface area contributed by atoms with Gasteiger partial charge in [-0.25, -0.2) is 9.59 Å². The van der Waals surface area contributed by atoms with Gasteiger partial charge in [0.05, 0.1) is 21.3 Å². The molecule has 134 valence electrons. The van der Waals surface area contributed by atoms with E-state index in [2.05, 4.69) is 5.32 Å². The van der Waals surface area contributed by atoms with Crippen molar-refractivity contribution in [1.82, 2.24) is 5.32 Å². The molecular formula is C17H25NO6. The largest absolute Gasteiger partial charge is 0.497 e. The van der Waals surface area contributed by atoms with E-state index in [1.807, 2.05) is 0 Å². The summed E-state index contributed by atoms with van der Waals surface area (Å²) in [5, 5.41) is 2.53. The second-order valence-corrected chi connectivity index (χ2v) is 6.10. The van der Waals surface area contributed by atoms with Gasteiger partial charge in [0.15, 0.2) is 0 Å². The van der Waals surface area contributed by atoms with Crippen LogP contribution in [0.1, 0.15) is 26.3 Å². The van der Waals surface area contributed by atoms with Gasteiger partial charge in [0.1, 0.15) is 23.1 Å². The van der Waals surface area contributed by atoms with Gasteiger partial charge in [-0.3, -0.25) is 0 Å². The molecule has 0 aromatic heterocycles. The van der Waals surface area contributed by atoms with Crippen LogP contribution < -0.4 is 14.8 Å². The molecule has 0 spiro atoms. The SMILES string of the molecule is COC(=O)C(Cc1ccc(OC)cc1OC)NC(=O)OC(C)(C)C. The first kappa shape index (κ1) is 19.6. The number of hydrogen-bond donors (Lipinski definition) is 1. The molecule has 1 aromatic carbocycles. The molecule has 0 heterocycles. The normalized spacial score (nSPS) is 12.1. The first-order valence-electron chi connectivity index (χ1n) is 7.48. The fourth-order valence-corrected chi connectivity index (χ4v) is 2.03. The van der Waals surface area contributed by atoms with Crippen molar-refractivity contribution in [3.05, 3.63) is 23.8 Å². The Hall–Kier alpha value is -2.44. The molecule has 1 unspecified atom stereocenters. The molecule has 1 amide bonds. The van der Waals surface area contributed by atoms with Gasteiger partial charge in [-0.1, -0.05) is 6.07 Å². The molecule has 0 fully saturated rings. The average Bonchev–Trinajstić information content (AvgIpc) is 2.51. The first-order chi connectivity index (χ1) is 11.2. The molecule has 0 aliphatic heterocycles. The highest BCUT2D eigenvalue weighted by Gasteiger charge is 2.26. The van der Waals surface area contributed by atoms with Gasteiger partial charge in [0, 0.05) is 12.5 Å². The van der Waals surface area contributed by atoms with Gasteiger partial charge >= 0.3 is 12.1 Å². The van der Waals surface area contributed by atoms with E-state index in [-0.39, 0.29) is 6.42 Å². The number of ether oxygens (including phenoxy) is 4. The van der Waals surface area contributed by atoms with Crippen LogP contribution in [0.15, 0.2) is 18.2 Å². The smallest absolute Gasteiger partial charge is 0.408 e. The maximum atomic E-state index is 12.0. The van der Waals surface area contributed by atoms with E-state index in [1.54, 1.807) is 46.1 Å². The van der Waals surface area contributed by atoms with Gasteiger partial charge in [0.25, 0.3) is 0 Å². The highest BCUT2D eigenvalue weighted by atomic mass is 16.6. The Bertz CT molecular complexity index is 579. The fourth-order valence-electron chi connectivity index (χ4n) is 2.03. The predicted molar refractivity (Wildman–Crippen MR) is 88.4 cm³/mol. The Morgan fingerprint density at radius 2 is 1.79 bits per heavy atom. The van der Waals surface area contributed by atoms with Crippen molar-refractivity contribution >= 4 is 12.1 Å². The molecule has 1 rings (SSSR count). The third kappa shape index (κ3) is 5.98. The zero-order valence-corrected chi connectivity index (χ0v) is 15.0. The summed E-state index contributed by atoms with van der Waals surface area (Å²) in [4.78, 5) is 23.9. The minimum Gasteiger partial charge on any atom is -0.497 e. The maximum absolute atomic E-state index is 12.0. The van der Waals surface area contributed by atoms with Crippen molar-refractivity contribution in [3.8, 4) is 11.5 Å². The van der Waals surface area contributed by atoms with Crippen LogP contribution in [0.4, 0.5) is 4.79 Å². The van der Waals surface area contributed by atoms with Gasteiger partial charge in [-0.15, -0.1) is 0 Å². The predicted octanol–water partition coefficient (Wildman–Crippen LogP) is 2.31. The summed E-state index contributed by atoms with van der Waals surface area (Å²) in [6.45, 7) is 5.23. The lowest BCUT2D eigenvalue weighted by Crippen LogP contribution is -2.45. The maximum Gasteiger partial charge on any atom is 0.408 e. The number of amides is 1. The molecule has 0 aliphatic rings. The van der Waals surface area contributed by atoms with Crippen LogP contribution in [-0.2, 0) is 20.7 Å². The number of methoxy groups -OCH3 is 3. The standard InChI is InChI=1S/C17H25NO6/c1-17(2,3)24-16(20)18-13(15(19)23-6)9-11-7-8-12(21-4)10-14(11)22-5/h7-8,10,13H,9H2,1-6H3,(H,18,20). The van der Waals surface area contributed by atoms with Crippen molar-refractivity contribution in [3.63, 3.8) is 0 Å². The Balaban J connectivity index is 2.94. The van der Waals surface area contributed by atoms with Crippen LogP contribution in [0, 0.1) is 0 Å². The van der Waals surface area contributed by atoms with Crippen molar-refractivity contribution in [2.24, 2.45) is 0 Å².